The van der Waals surface area contributed by atoms with E-state index < -0.39 is 0 Å². The summed E-state index contributed by atoms with van der Waals surface area (Å²) in [7, 11) is 0. The van der Waals surface area contributed by atoms with Crippen LogP contribution in [0.5, 0.6) is 0 Å². The van der Waals surface area contributed by atoms with E-state index in [1.165, 1.54) is 62.5 Å². The van der Waals surface area contributed by atoms with Crippen LogP contribution >= 0.6 is 0 Å². The number of rotatable bonds is 7. The maximum absolute atomic E-state index is 9.22. The second-order valence-electron chi connectivity index (χ2n) is 6.11. The third-order valence-electron chi connectivity index (χ3n) is 4.57. The largest absolute Gasteiger partial charge is 0.396 e. The summed E-state index contributed by atoms with van der Waals surface area (Å²) in [5.41, 5.74) is 2.96. The monoisotopic (exact) mass is 260 g/mol. The first-order chi connectivity index (χ1) is 9.33. The van der Waals surface area contributed by atoms with Gasteiger partial charge in [-0.3, -0.25) is 0 Å². The van der Waals surface area contributed by atoms with Gasteiger partial charge in [0.15, 0.2) is 0 Å². The molecule has 1 aliphatic rings. The van der Waals surface area contributed by atoms with Crippen molar-refractivity contribution < 1.29 is 5.11 Å². The molecule has 0 aliphatic heterocycles. The van der Waals surface area contributed by atoms with Gasteiger partial charge >= 0.3 is 0 Å². The average molecular weight is 260 g/mol. The van der Waals surface area contributed by atoms with Crippen molar-refractivity contribution in [2.24, 2.45) is 5.92 Å². The molecule has 1 heteroatoms. The molecule has 1 aromatic carbocycles. The van der Waals surface area contributed by atoms with Crippen molar-refractivity contribution in [3.05, 3.63) is 35.4 Å². The van der Waals surface area contributed by atoms with E-state index in [-0.39, 0.29) is 0 Å². The first kappa shape index (κ1) is 14.6. The molecule has 1 aliphatic carbocycles. The van der Waals surface area contributed by atoms with Crippen molar-refractivity contribution in [3.8, 4) is 0 Å². The Balaban J connectivity index is 1.81. The van der Waals surface area contributed by atoms with Gasteiger partial charge < -0.3 is 5.11 Å². The summed E-state index contributed by atoms with van der Waals surface area (Å²) in [6, 6.07) is 9.26. The second kappa shape index (κ2) is 7.69. The molecule has 1 saturated carbocycles. The summed E-state index contributed by atoms with van der Waals surface area (Å²) in [4.78, 5) is 0. The van der Waals surface area contributed by atoms with Crippen LogP contribution in [0.2, 0.25) is 0 Å². The second-order valence-corrected chi connectivity index (χ2v) is 6.11. The summed E-state index contributed by atoms with van der Waals surface area (Å²) in [6.45, 7) is 2.63. The quantitative estimate of drug-likeness (QED) is 0.705. The smallest absolute Gasteiger partial charge is 0.0459 e. The fraction of sp³-hybridized carbons (Fsp3) is 0.667. The van der Waals surface area contributed by atoms with Crippen LogP contribution in [0.25, 0.3) is 0 Å². The molecule has 1 nitrogen and oxygen atoms in total. The van der Waals surface area contributed by atoms with E-state index in [4.69, 9.17) is 0 Å². The number of unbranched alkanes of at least 4 members (excludes halogenated alkanes) is 3. The van der Waals surface area contributed by atoms with Gasteiger partial charge in [-0.25, -0.2) is 0 Å². The zero-order chi connectivity index (χ0) is 13.5. The molecule has 0 spiro atoms. The van der Waals surface area contributed by atoms with Crippen molar-refractivity contribution in [1.82, 2.24) is 0 Å². The summed E-state index contributed by atoms with van der Waals surface area (Å²) >= 11 is 0. The minimum atomic E-state index is 0.367. The molecule has 0 saturated heterocycles. The highest BCUT2D eigenvalue weighted by Crippen LogP contribution is 2.37. The molecule has 0 radical (unpaired) electrons. The van der Waals surface area contributed by atoms with Gasteiger partial charge in [0.1, 0.15) is 0 Å². The molecule has 19 heavy (non-hydrogen) atoms. The Morgan fingerprint density at radius 1 is 1.05 bits per heavy atom. The van der Waals surface area contributed by atoms with E-state index in [9.17, 15) is 5.11 Å². The molecule has 1 aromatic rings. The van der Waals surface area contributed by atoms with Crippen molar-refractivity contribution in [3.63, 3.8) is 0 Å². The molecule has 0 unspecified atom stereocenters. The van der Waals surface area contributed by atoms with Crippen LogP contribution in [0.1, 0.15) is 68.9 Å². The molecule has 1 N–H and O–H groups in total. The zero-order valence-electron chi connectivity index (χ0n) is 12.3. The fourth-order valence-corrected chi connectivity index (χ4v) is 3.26. The van der Waals surface area contributed by atoms with Crippen LogP contribution in [-0.4, -0.2) is 11.7 Å². The van der Waals surface area contributed by atoms with Crippen molar-refractivity contribution in [2.75, 3.05) is 6.61 Å². The van der Waals surface area contributed by atoms with Crippen LogP contribution in [-0.2, 0) is 6.42 Å². The molecule has 0 amide bonds. The van der Waals surface area contributed by atoms with Gasteiger partial charge in [-0.2, -0.15) is 0 Å². The molecule has 2 atom stereocenters. The average Bonchev–Trinajstić information content (AvgIpc) is 2.93. The Hall–Kier alpha value is -0.820. The molecule has 2 rings (SSSR count). The van der Waals surface area contributed by atoms with Gasteiger partial charge in [0, 0.05) is 6.61 Å². The molecular formula is C18H28O. The van der Waals surface area contributed by atoms with Crippen LogP contribution in [0, 0.1) is 5.92 Å². The van der Waals surface area contributed by atoms with Crippen LogP contribution in [0.3, 0.4) is 0 Å². The lowest BCUT2D eigenvalue weighted by Gasteiger charge is -2.11. The van der Waals surface area contributed by atoms with Crippen molar-refractivity contribution in [2.45, 2.75) is 64.2 Å². The normalized spacial score (nSPS) is 22.8. The Labute approximate surface area is 118 Å². The number of aryl methyl sites for hydroxylation is 1. The topological polar surface area (TPSA) is 20.2 Å². The minimum Gasteiger partial charge on any atom is -0.396 e. The number of hydrogen-bond acceptors (Lipinski definition) is 1. The first-order valence-corrected chi connectivity index (χ1v) is 8.03. The Morgan fingerprint density at radius 2 is 1.84 bits per heavy atom. The van der Waals surface area contributed by atoms with E-state index in [0.29, 0.717) is 18.4 Å². The molecular weight excluding hydrogens is 232 g/mol. The SMILES string of the molecule is CCCCCCc1ccc([C@@H]2CC[C@H](CO)C2)cc1. The number of aliphatic hydroxyl groups excluding tert-OH is 1. The third kappa shape index (κ3) is 4.35. The highest BCUT2D eigenvalue weighted by atomic mass is 16.3. The summed E-state index contributed by atoms with van der Waals surface area (Å²) in [5.74, 6) is 1.23. The number of hydrogen-bond donors (Lipinski definition) is 1. The van der Waals surface area contributed by atoms with Gasteiger partial charge in [0.2, 0.25) is 0 Å². The van der Waals surface area contributed by atoms with Crippen molar-refractivity contribution in [1.29, 1.82) is 0 Å². The third-order valence-corrected chi connectivity index (χ3v) is 4.57. The van der Waals surface area contributed by atoms with Crippen LogP contribution in [0.4, 0.5) is 0 Å². The molecule has 106 valence electrons. The van der Waals surface area contributed by atoms with Gasteiger partial charge in [-0.05, 0) is 55.1 Å². The van der Waals surface area contributed by atoms with E-state index in [0.717, 1.165) is 0 Å². The molecule has 0 bridgehead atoms. The highest BCUT2D eigenvalue weighted by Gasteiger charge is 2.24. The van der Waals surface area contributed by atoms with Gasteiger partial charge in [0.25, 0.3) is 0 Å². The van der Waals surface area contributed by atoms with Gasteiger partial charge in [0.05, 0.1) is 0 Å². The zero-order valence-corrected chi connectivity index (χ0v) is 12.3. The van der Waals surface area contributed by atoms with Gasteiger partial charge in [-0.15, -0.1) is 0 Å². The maximum Gasteiger partial charge on any atom is 0.0459 e. The van der Waals surface area contributed by atoms with Crippen LogP contribution in [0.15, 0.2) is 24.3 Å². The standard InChI is InChI=1S/C18H28O/c1-2-3-4-5-6-15-7-10-17(11-8-15)18-12-9-16(13-18)14-19/h7-8,10-11,16,18-19H,2-6,9,12-14H2,1H3/t16-,18+/m0/s1. The van der Waals surface area contributed by atoms with E-state index in [2.05, 4.69) is 31.2 Å². The lowest BCUT2D eigenvalue weighted by Crippen LogP contribution is -2.00. The van der Waals surface area contributed by atoms with Gasteiger partial charge in [-0.1, -0.05) is 50.5 Å². The molecule has 0 aromatic heterocycles. The van der Waals surface area contributed by atoms with E-state index >= 15 is 0 Å². The summed E-state index contributed by atoms with van der Waals surface area (Å²) < 4.78 is 0. The Bertz CT molecular complexity index is 354. The molecule has 1 fully saturated rings. The first-order valence-electron chi connectivity index (χ1n) is 8.03. The minimum absolute atomic E-state index is 0.367. The lowest BCUT2D eigenvalue weighted by atomic mass is 9.94. The van der Waals surface area contributed by atoms with E-state index in [1.807, 2.05) is 0 Å². The number of benzene rings is 1. The Kier molecular flexibility index (Phi) is 5.91. The highest BCUT2D eigenvalue weighted by molar-refractivity contribution is 5.26. The van der Waals surface area contributed by atoms with E-state index in [1.54, 1.807) is 0 Å². The van der Waals surface area contributed by atoms with Crippen molar-refractivity contribution >= 4 is 0 Å². The maximum atomic E-state index is 9.22. The predicted octanol–water partition coefficient (Wildman–Crippen LogP) is 4.69. The lowest BCUT2D eigenvalue weighted by molar-refractivity contribution is 0.229. The summed E-state index contributed by atoms with van der Waals surface area (Å²) in [6.07, 6.45) is 10.2. The summed E-state index contributed by atoms with van der Waals surface area (Å²) in [5, 5.41) is 9.22. The Morgan fingerprint density at radius 3 is 2.47 bits per heavy atom. The number of aliphatic hydroxyl groups is 1. The molecule has 0 heterocycles. The predicted molar refractivity (Wildman–Crippen MR) is 81.5 cm³/mol. The fourth-order valence-electron chi connectivity index (χ4n) is 3.26. The van der Waals surface area contributed by atoms with Crippen LogP contribution < -0.4 is 0 Å².